The molecule has 1 saturated carbocycles. The Bertz CT molecular complexity index is 743. The molecule has 1 heterocycles. The van der Waals surface area contributed by atoms with Gasteiger partial charge in [0.25, 0.3) is 0 Å². The highest BCUT2D eigenvalue weighted by molar-refractivity contribution is 5.88. The zero-order valence-corrected chi connectivity index (χ0v) is 14.7. The maximum absolute atomic E-state index is 12.4. The van der Waals surface area contributed by atoms with E-state index in [4.69, 9.17) is 0 Å². The summed E-state index contributed by atoms with van der Waals surface area (Å²) in [5.74, 6) is 2.00. The van der Waals surface area contributed by atoms with Crippen LogP contribution in [0.2, 0.25) is 0 Å². The maximum Gasteiger partial charge on any atom is 0.226 e. The predicted molar refractivity (Wildman–Crippen MR) is 97.8 cm³/mol. The molecule has 0 bridgehead atoms. The van der Waals surface area contributed by atoms with Crippen molar-refractivity contribution in [1.82, 2.24) is 9.88 Å². The van der Waals surface area contributed by atoms with Crippen molar-refractivity contribution >= 4 is 16.8 Å². The number of hydrogen-bond donors (Lipinski definition) is 1. The number of carbonyl (C=O) groups excluding carboxylic acids is 1. The highest BCUT2D eigenvalue weighted by Crippen LogP contribution is 2.49. The number of benzene rings is 1. The van der Waals surface area contributed by atoms with Crippen LogP contribution >= 0.6 is 0 Å². The van der Waals surface area contributed by atoms with Crippen molar-refractivity contribution < 1.29 is 4.79 Å². The van der Waals surface area contributed by atoms with Gasteiger partial charge in [-0.05, 0) is 74.5 Å². The van der Waals surface area contributed by atoms with Gasteiger partial charge >= 0.3 is 0 Å². The van der Waals surface area contributed by atoms with Crippen LogP contribution in [0.5, 0.6) is 0 Å². The molecule has 2 aromatic rings. The third kappa shape index (κ3) is 2.54. The van der Waals surface area contributed by atoms with Gasteiger partial charge in [-0.2, -0.15) is 0 Å². The molecular formula is C21H27N2O. The van der Waals surface area contributed by atoms with Crippen LogP contribution in [0.25, 0.3) is 10.9 Å². The van der Waals surface area contributed by atoms with Gasteiger partial charge < -0.3 is 9.88 Å². The molecule has 24 heavy (non-hydrogen) atoms. The summed E-state index contributed by atoms with van der Waals surface area (Å²) in [6.45, 7) is 5.72. The summed E-state index contributed by atoms with van der Waals surface area (Å²) in [4.78, 5) is 17.8. The van der Waals surface area contributed by atoms with Gasteiger partial charge in [0.2, 0.25) is 5.91 Å². The number of aromatic amines is 1. The third-order valence-corrected chi connectivity index (χ3v) is 6.19. The number of amides is 1. The van der Waals surface area contributed by atoms with Crippen LogP contribution < -0.4 is 0 Å². The van der Waals surface area contributed by atoms with Crippen molar-refractivity contribution in [3.63, 3.8) is 0 Å². The summed E-state index contributed by atoms with van der Waals surface area (Å²) in [6.07, 6.45) is 8.92. The van der Waals surface area contributed by atoms with E-state index >= 15 is 0 Å². The second kappa shape index (κ2) is 6.27. The van der Waals surface area contributed by atoms with E-state index in [9.17, 15) is 4.79 Å². The Balaban J connectivity index is 1.55. The van der Waals surface area contributed by atoms with E-state index in [0.29, 0.717) is 11.8 Å². The highest BCUT2D eigenvalue weighted by atomic mass is 16.2. The van der Waals surface area contributed by atoms with Crippen LogP contribution in [0.3, 0.4) is 0 Å². The number of aromatic nitrogens is 1. The highest BCUT2D eigenvalue weighted by Gasteiger charge is 2.37. The summed E-state index contributed by atoms with van der Waals surface area (Å²) in [5.41, 5.74) is 4.27. The first-order chi connectivity index (χ1) is 11.7. The lowest BCUT2D eigenvalue weighted by Crippen LogP contribution is -2.35. The summed E-state index contributed by atoms with van der Waals surface area (Å²) in [5, 5.41) is 1.45. The molecule has 1 amide bonds. The number of fused-ring (bicyclic) bond motifs is 2. The first kappa shape index (κ1) is 15.7. The first-order valence-electron chi connectivity index (χ1n) is 9.43. The van der Waals surface area contributed by atoms with Gasteiger partial charge in [-0.1, -0.05) is 12.1 Å². The summed E-state index contributed by atoms with van der Waals surface area (Å²) in [7, 11) is 0. The second-order valence-corrected chi connectivity index (χ2v) is 7.40. The van der Waals surface area contributed by atoms with Gasteiger partial charge in [-0.25, -0.2) is 0 Å². The molecule has 0 aliphatic heterocycles. The summed E-state index contributed by atoms with van der Waals surface area (Å²) in [6, 6.07) is 6.67. The minimum absolute atomic E-state index is 0.222. The minimum atomic E-state index is 0.222. The molecule has 1 aromatic heterocycles. The molecule has 127 valence electrons. The normalized spacial score (nSPS) is 25.5. The van der Waals surface area contributed by atoms with Crippen molar-refractivity contribution in [2.24, 2.45) is 11.8 Å². The number of nitrogens with zero attached hydrogens (tertiary/aromatic N) is 1. The molecule has 0 spiro atoms. The van der Waals surface area contributed by atoms with E-state index in [0.717, 1.165) is 31.8 Å². The fourth-order valence-electron chi connectivity index (χ4n) is 4.92. The van der Waals surface area contributed by atoms with Gasteiger partial charge in [0.1, 0.15) is 0 Å². The Morgan fingerprint density at radius 2 is 2.12 bits per heavy atom. The average molecular weight is 323 g/mol. The van der Waals surface area contributed by atoms with Crippen molar-refractivity contribution in [3.05, 3.63) is 41.9 Å². The van der Waals surface area contributed by atoms with E-state index in [-0.39, 0.29) is 5.91 Å². The minimum Gasteiger partial charge on any atom is -0.361 e. The standard InChI is InChI=1S/C21H27N2O/c1-3-23(4-2)20(24)11-14-8-9-15-12-16-13-22-19-7-5-6-17(21(16)19)18(15)10-14/h5-7,11,13-15,18,22H,3-4,8-10,12H2,1-2H3/t14-,15-,18+/m1/s1. The van der Waals surface area contributed by atoms with E-state index < -0.39 is 0 Å². The van der Waals surface area contributed by atoms with E-state index in [2.05, 4.69) is 43.2 Å². The molecule has 1 aromatic carbocycles. The van der Waals surface area contributed by atoms with Gasteiger partial charge in [-0.15, -0.1) is 0 Å². The van der Waals surface area contributed by atoms with Crippen molar-refractivity contribution in [2.45, 2.75) is 45.4 Å². The molecule has 3 heteroatoms. The zero-order chi connectivity index (χ0) is 16.7. The lowest BCUT2D eigenvalue weighted by molar-refractivity contribution is -0.128. The Hall–Kier alpha value is -1.77. The maximum atomic E-state index is 12.4. The van der Waals surface area contributed by atoms with Crippen LogP contribution in [0.1, 0.15) is 50.2 Å². The molecule has 3 nitrogen and oxygen atoms in total. The SMILES string of the molecule is CCN(CC)C(=O)[CH][C@@H]1CC[C@@H]2Cc3c[nH]c4cccc(c34)[C@H]2C1. The molecule has 0 unspecified atom stereocenters. The van der Waals surface area contributed by atoms with Crippen LogP contribution in [0, 0.1) is 18.3 Å². The molecule has 1 radical (unpaired) electrons. The largest absolute Gasteiger partial charge is 0.361 e. The van der Waals surface area contributed by atoms with Crippen LogP contribution in [0.15, 0.2) is 24.4 Å². The molecule has 2 aliphatic rings. The average Bonchev–Trinajstić information content (AvgIpc) is 3.01. The summed E-state index contributed by atoms with van der Waals surface area (Å²) >= 11 is 0. The third-order valence-electron chi connectivity index (χ3n) is 6.19. The molecule has 1 fully saturated rings. The number of rotatable bonds is 4. The fraction of sp³-hybridized carbons (Fsp3) is 0.524. The van der Waals surface area contributed by atoms with E-state index in [1.54, 1.807) is 0 Å². The van der Waals surface area contributed by atoms with Gasteiger partial charge in [0.05, 0.1) is 6.42 Å². The van der Waals surface area contributed by atoms with Crippen molar-refractivity contribution in [2.75, 3.05) is 13.1 Å². The molecule has 4 rings (SSSR count). The lowest BCUT2D eigenvalue weighted by Gasteiger charge is -2.39. The molecule has 2 aliphatic carbocycles. The van der Waals surface area contributed by atoms with Gasteiger partial charge in [-0.3, -0.25) is 4.79 Å². The Kier molecular flexibility index (Phi) is 4.11. The van der Waals surface area contributed by atoms with Crippen molar-refractivity contribution in [3.8, 4) is 0 Å². The van der Waals surface area contributed by atoms with Crippen molar-refractivity contribution in [1.29, 1.82) is 0 Å². The Morgan fingerprint density at radius 1 is 1.29 bits per heavy atom. The van der Waals surface area contributed by atoms with Crippen LogP contribution in [0.4, 0.5) is 0 Å². The molecular weight excluding hydrogens is 296 g/mol. The van der Waals surface area contributed by atoms with Gasteiger partial charge in [0.15, 0.2) is 0 Å². The van der Waals surface area contributed by atoms with Crippen LogP contribution in [-0.4, -0.2) is 28.9 Å². The van der Waals surface area contributed by atoms with E-state index in [1.165, 1.54) is 34.9 Å². The molecule has 0 saturated heterocycles. The quantitative estimate of drug-likeness (QED) is 0.895. The lowest BCUT2D eigenvalue weighted by atomic mass is 9.65. The predicted octanol–water partition coefficient (Wildman–Crippen LogP) is 4.30. The second-order valence-electron chi connectivity index (χ2n) is 7.40. The number of hydrogen-bond acceptors (Lipinski definition) is 1. The summed E-state index contributed by atoms with van der Waals surface area (Å²) < 4.78 is 0. The smallest absolute Gasteiger partial charge is 0.226 e. The van der Waals surface area contributed by atoms with Crippen LogP contribution in [-0.2, 0) is 11.2 Å². The number of carbonyl (C=O) groups is 1. The first-order valence-corrected chi connectivity index (χ1v) is 9.43. The van der Waals surface area contributed by atoms with Gasteiger partial charge in [0, 0.05) is 30.2 Å². The number of nitrogens with one attached hydrogen (secondary N) is 1. The molecule has 1 N–H and O–H groups in total. The monoisotopic (exact) mass is 323 g/mol. The van der Waals surface area contributed by atoms with E-state index in [1.807, 2.05) is 11.3 Å². The number of H-pyrrole nitrogens is 1. The Morgan fingerprint density at radius 3 is 2.92 bits per heavy atom. The topological polar surface area (TPSA) is 36.1 Å². The Labute approximate surface area is 144 Å². The zero-order valence-electron chi connectivity index (χ0n) is 14.7. The fourth-order valence-corrected chi connectivity index (χ4v) is 4.92. The molecule has 3 atom stereocenters.